The molecular formula is C20H27N. The minimum Gasteiger partial charge on any atom is -0.379 e. The van der Waals surface area contributed by atoms with Crippen molar-refractivity contribution in [2.45, 2.75) is 53.0 Å². The number of benzene rings is 2. The molecule has 2 rings (SSSR count). The molecule has 0 bridgehead atoms. The number of hydrogen-bond acceptors (Lipinski definition) is 1. The summed E-state index contributed by atoms with van der Waals surface area (Å²) in [6, 6.07) is 15.8. The van der Waals surface area contributed by atoms with Crippen molar-refractivity contribution in [3.8, 4) is 0 Å². The lowest BCUT2D eigenvalue weighted by molar-refractivity contribution is 0.590. The second-order valence-electron chi connectivity index (χ2n) is 7.04. The Labute approximate surface area is 129 Å². The highest BCUT2D eigenvalue weighted by Gasteiger charge is 2.13. The van der Waals surface area contributed by atoms with E-state index in [1.807, 2.05) is 0 Å². The first-order chi connectivity index (χ1) is 9.77. The molecule has 0 aromatic heterocycles. The van der Waals surface area contributed by atoms with Crippen molar-refractivity contribution >= 4 is 5.69 Å². The predicted molar refractivity (Wildman–Crippen MR) is 93.1 cm³/mol. The molecule has 0 heterocycles. The van der Waals surface area contributed by atoms with Gasteiger partial charge < -0.3 is 5.32 Å². The largest absolute Gasteiger partial charge is 0.379 e. The van der Waals surface area contributed by atoms with Gasteiger partial charge in [-0.1, -0.05) is 51.1 Å². The van der Waals surface area contributed by atoms with Gasteiger partial charge in [-0.3, -0.25) is 0 Å². The maximum Gasteiger partial charge on any atom is 0.0485 e. The summed E-state index contributed by atoms with van der Waals surface area (Å²) in [5.41, 5.74) is 6.78. The van der Waals surface area contributed by atoms with E-state index in [0.717, 1.165) is 0 Å². The maximum absolute atomic E-state index is 3.58. The van der Waals surface area contributed by atoms with Crippen LogP contribution in [0.4, 0.5) is 5.69 Å². The van der Waals surface area contributed by atoms with E-state index in [9.17, 15) is 0 Å². The Morgan fingerprint density at radius 2 is 1.48 bits per heavy atom. The summed E-state index contributed by atoms with van der Waals surface area (Å²) in [5, 5.41) is 3.58. The van der Waals surface area contributed by atoms with E-state index in [2.05, 4.69) is 89.3 Å². The Hall–Kier alpha value is -1.76. The summed E-state index contributed by atoms with van der Waals surface area (Å²) in [6.07, 6.45) is 0. The lowest BCUT2D eigenvalue weighted by Gasteiger charge is -2.21. The van der Waals surface area contributed by atoms with Crippen molar-refractivity contribution in [1.82, 2.24) is 0 Å². The average molecular weight is 281 g/mol. The first kappa shape index (κ1) is 15.6. The molecular weight excluding hydrogens is 254 g/mol. The van der Waals surface area contributed by atoms with Crippen LogP contribution in [0.1, 0.15) is 56.0 Å². The molecule has 1 unspecified atom stereocenters. The zero-order chi connectivity index (χ0) is 15.6. The number of aryl methyl sites for hydroxylation is 2. The average Bonchev–Trinajstić information content (AvgIpc) is 2.41. The predicted octanol–water partition coefficient (Wildman–Crippen LogP) is 5.77. The van der Waals surface area contributed by atoms with E-state index in [4.69, 9.17) is 0 Å². The Bertz CT molecular complexity index is 603. The lowest BCUT2D eigenvalue weighted by atomic mass is 9.87. The van der Waals surface area contributed by atoms with E-state index in [1.165, 1.54) is 27.9 Å². The summed E-state index contributed by atoms with van der Waals surface area (Å²) in [6.45, 7) is 13.3. The van der Waals surface area contributed by atoms with Crippen LogP contribution >= 0.6 is 0 Å². The van der Waals surface area contributed by atoms with Gasteiger partial charge in [0.15, 0.2) is 0 Å². The Balaban J connectivity index is 2.12. The van der Waals surface area contributed by atoms with Gasteiger partial charge in [-0.15, -0.1) is 0 Å². The molecule has 0 amide bonds. The molecule has 0 aliphatic carbocycles. The van der Waals surface area contributed by atoms with E-state index in [-0.39, 0.29) is 5.41 Å². The standard InChI is InChI=1S/C20H27N/c1-14-7-8-17(13-15(14)2)16(3)21-19-11-9-18(10-12-19)20(4,5)6/h7-13,16,21H,1-6H3. The van der Waals surface area contributed by atoms with E-state index >= 15 is 0 Å². The van der Waals surface area contributed by atoms with Gasteiger partial charge in [-0.2, -0.15) is 0 Å². The van der Waals surface area contributed by atoms with Crippen LogP contribution in [0.25, 0.3) is 0 Å². The summed E-state index contributed by atoms with van der Waals surface area (Å²) < 4.78 is 0. The zero-order valence-electron chi connectivity index (χ0n) is 14.1. The molecule has 0 saturated carbocycles. The first-order valence-corrected chi connectivity index (χ1v) is 7.71. The summed E-state index contributed by atoms with van der Waals surface area (Å²) in [7, 11) is 0. The van der Waals surface area contributed by atoms with Gasteiger partial charge in [0.2, 0.25) is 0 Å². The van der Waals surface area contributed by atoms with Crippen LogP contribution in [0.5, 0.6) is 0 Å². The van der Waals surface area contributed by atoms with Crippen LogP contribution in [0.2, 0.25) is 0 Å². The van der Waals surface area contributed by atoms with E-state index < -0.39 is 0 Å². The van der Waals surface area contributed by atoms with Crippen molar-refractivity contribution in [2.75, 3.05) is 5.32 Å². The van der Waals surface area contributed by atoms with E-state index in [1.54, 1.807) is 0 Å². The summed E-state index contributed by atoms with van der Waals surface area (Å²) in [4.78, 5) is 0. The number of hydrogen-bond donors (Lipinski definition) is 1. The second kappa shape index (κ2) is 5.93. The molecule has 0 aliphatic rings. The molecule has 2 aromatic rings. The molecule has 21 heavy (non-hydrogen) atoms. The van der Waals surface area contributed by atoms with Crippen LogP contribution in [0, 0.1) is 13.8 Å². The third kappa shape index (κ3) is 3.87. The third-order valence-corrected chi connectivity index (χ3v) is 4.17. The van der Waals surface area contributed by atoms with Crippen molar-refractivity contribution in [3.05, 3.63) is 64.7 Å². The quantitative estimate of drug-likeness (QED) is 0.752. The van der Waals surface area contributed by atoms with Crippen molar-refractivity contribution in [1.29, 1.82) is 0 Å². The molecule has 1 heteroatoms. The maximum atomic E-state index is 3.58. The van der Waals surface area contributed by atoms with E-state index in [0.29, 0.717) is 6.04 Å². The molecule has 2 aromatic carbocycles. The van der Waals surface area contributed by atoms with Gasteiger partial charge in [0, 0.05) is 11.7 Å². The molecule has 0 fully saturated rings. The van der Waals surface area contributed by atoms with Crippen LogP contribution < -0.4 is 5.32 Å². The van der Waals surface area contributed by atoms with Gasteiger partial charge in [0.25, 0.3) is 0 Å². The van der Waals surface area contributed by atoms with Gasteiger partial charge in [-0.05, 0) is 60.6 Å². The van der Waals surface area contributed by atoms with Crippen LogP contribution in [0.15, 0.2) is 42.5 Å². The summed E-state index contributed by atoms with van der Waals surface area (Å²) in [5.74, 6) is 0. The monoisotopic (exact) mass is 281 g/mol. The lowest BCUT2D eigenvalue weighted by Crippen LogP contribution is -2.11. The highest BCUT2D eigenvalue weighted by Crippen LogP contribution is 2.26. The van der Waals surface area contributed by atoms with Gasteiger partial charge in [0.1, 0.15) is 0 Å². The highest BCUT2D eigenvalue weighted by molar-refractivity contribution is 5.48. The third-order valence-electron chi connectivity index (χ3n) is 4.17. The molecule has 112 valence electrons. The highest BCUT2D eigenvalue weighted by atomic mass is 14.9. The number of rotatable bonds is 3. The Kier molecular flexibility index (Phi) is 4.41. The van der Waals surface area contributed by atoms with Gasteiger partial charge >= 0.3 is 0 Å². The van der Waals surface area contributed by atoms with Gasteiger partial charge in [0.05, 0.1) is 0 Å². The first-order valence-electron chi connectivity index (χ1n) is 7.71. The van der Waals surface area contributed by atoms with Crippen LogP contribution in [0.3, 0.4) is 0 Å². The number of nitrogens with one attached hydrogen (secondary N) is 1. The summed E-state index contributed by atoms with van der Waals surface area (Å²) >= 11 is 0. The SMILES string of the molecule is Cc1ccc(C(C)Nc2ccc(C(C)(C)C)cc2)cc1C. The molecule has 0 saturated heterocycles. The topological polar surface area (TPSA) is 12.0 Å². The smallest absolute Gasteiger partial charge is 0.0485 e. The minimum atomic E-state index is 0.207. The molecule has 1 nitrogen and oxygen atoms in total. The minimum absolute atomic E-state index is 0.207. The van der Waals surface area contributed by atoms with Crippen LogP contribution in [-0.4, -0.2) is 0 Å². The van der Waals surface area contributed by atoms with Gasteiger partial charge in [-0.25, -0.2) is 0 Å². The Morgan fingerprint density at radius 3 is 2.00 bits per heavy atom. The molecule has 0 radical (unpaired) electrons. The van der Waals surface area contributed by atoms with Crippen molar-refractivity contribution in [3.63, 3.8) is 0 Å². The normalized spacial score (nSPS) is 13.0. The fraction of sp³-hybridized carbons (Fsp3) is 0.400. The molecule has 1 atom stereocenters. The van der Waals surface area contributed by atoms with Crippen molar-refractivity contribution in [2.24, 2.45) is 0 Å². The fourth-order valence-corrected chi connectivity index (χ4v) is 2.43. The second-order valence-corrected chi connectivity index (χ2v) is 7.04. The van der Waals surface area contributed by atoms with Crippen LogP contribution in [-0.2, 0) is 5.41 Å². The fourth-order valence-electron chi connectivity index (χ4n) is 2.43. The molecule has 0 spiro atoms. The number of anilines is 1. The van der Waals surface area contributed by atoms with Crippen molar-refractivity contribution < 1.29 is 0 Å². The molecule has 0 aliphatic heterocycles. The zero-order valence-corrected chi connectivity index (χ0v) is 14.1. The molecule has 1 N–H and O–H groups in total. The Morgan fingerprint density at radius 1 is 0.857 bits per heavy atom.